The molecule has 2 saturated heterocycles. The smallest absolute Gasteiger partial charge is 0.318 e. The van der Waals surface area contributed by atoms with Gasteiger partial charge in [0.25, 0.3) is 0 Å². The Morgan fingerprint density at radius 2 is 1.94 bits per heavy atom. The van der Waals surface area contributed by atoms with Crippen molar-refractivity contribution in [3.05, 3.63) is 35.8 Å². The second kappa shape index (κ2) is 11.9. The highest BCUT2D eigenvalue weighted by atomic mass is 32.1. The summed E-state index contributed by atoms with van der Waals surface area (Å²) in [4.78, 5) is 18.8. The number of nitrogens with two attached hydrogens (primary N) is 1. The highest BCUT2D eigenvalue weighted by Crippen LogP contribution is 2.53. The van der Waals surface area contributed by atoms with Crippen molar-refractivity contribution < 1.29 is 22.6 Å². The van der Waals surface area contributed by atoms with Crippen LogP contribution in [0.2, 0.25) is 0 Å². The monoisotopic (exact) mass is 692 g/mol. The molecule has 2 aliphatic carbocycles. The molecular formula is C35H39F3N8O2S. The van der Waals surface area contributed by atoms with E-state index in [0.717, 1.165) is 43.4 Å². The Balaban J connectivity index is 1.15. The third kappa shape index (κ3) is 5.64. The van der Waals surface area contributed by atoms with Crippen molar-refractivity contribution in [1.29, 1.82) is 5.26 Å². The molecule has 14 heteroatoms. The van der Waals surface area contributed by atoms with Gasteiger partial charge in [0.1, 0.15) is 22.7 Å². The molecule has 5 heterocycles. The molecule has 49 heavy (non-hydrogen) atoms. The van der Waals surface area contributed by atoms with Gasteiger partial charge in [0.05, 0.1) is 46.7 Å². The van der Waals surface area contributed by atoms with Crippen LogP contribution in [0, 0.1) is 22.6 Å². The third-order valence-corrected chi connectivity index (χ3v) is 12.3. The minimum atomic E-state index is -2.73. The number of morpholine rings is 1. The SMILES string of the molecule is CN(C)C1(CNc2nc(OCC3(CN4C5CCC4COC5)CC(F)(F)C3)nc3cc(-c4ccc(F)c5sc(N)c(C#N)c45)ncc23)CCC1. The summed E-state index contributed by atoms with van der Waals surface area (Å²) in [5.74, 6) is -2.66. The molecule has 2 atom stereocenters. The predicted octanol–water partition coefficient (Wildman–Crippen LogP) is 6.05. The molecule has 8 rings (SSSR count). The lowest BCUT2D eigenvalue weighted by Crippen LogP contribution is -2.59. The first kappa shape index (κ1) is 32.4. The molecular weight excluding hydrogens is 653 g/mol. The molecule has 2 aliphatic heterocycles. The Morgan fingerprint density at radius 1 is 1.18 bits per heavy atom. The average molecular weight is 693 g/mol. The Morgan fingerprint density at radius 3 is 2.59 bits per heavy atom. The molecule has 0 amide bonds. The molecule has 2 bridgehead atoms. The van der Waals surface area contributed by atoms with Crippen molar-refractivity contribution in [2.24, 2.45) is 5.41 Å². The molecule has 1 aromatic carbocycles. The number of aromatic nitrogens is 3. The molecule has 4 aliphatic rings. The van der Waals surface area contributed by atoms with E-state index in [4.69, 9.17) is 30.2 Å². The predicted molar refractivity (Wildman–Crippen MR) is 182 cm³/mol. The number of nitrogen functional groups attached to an aromatic ring is 1. The maximum atomic E-state index is 14.8. The lowest BCUT2D eigenvalue weighted by atomic mass is 9.66. The number of hydrogen-bond donors (Lipinski definition) is 2. The zero-order chi connectivity index (χ0) is 34.1. The number of nitrogens with zero attached hydrogens (tertiary/aromatic N) is 6. The number of thiophene rings is 1. The van der Waals surface area contributed by atoms with Crippen molar-refractivity contribution in [2.45, 2.75) is 68.5 Å². The molecule has 258 valence electrons. The normalized spacial score (nSPS) is 23.7. The van der Waals surface area contributed by atoms with Gasteiger partial charge >= 0.3 is 6.01 Å². The first-order chi connectivity index (χ1) is 23.5. The maximum Gasteiger partial charge on any atom is 0.318 e. The highest BCUT2D eigenvalue weighted by Gasteiger charge is 2.59. The molecule has 2 unspecified atom stereocenters. The van der Waals surface area contributed by atoms with Gasteiger partial charge in [0.2, 0.25) is 5.92 Å². The second-order valence-electron chi connectivity index (χ2n) is 14.6. The van der Waals surface area contributed by atoms with Crippen LogP contribution in [0.5, 0.6) is 6.01 Å². The molecule has 4 aromatic rings. The van der Waals surface area contributed by atoms with Crippen LogP contribution >= 0.6 is 11.3 Å². The van der Waals surface area contributed by atoms with Crippen LogP contribution in [0.25, 0.3) is 32.2 Å². The molecule has 2 saturated carbocycles. The number of halogens is 3. The van der Waals surface area contributed by atoms with Crippen molar-refractivity contribution in [3.8, 4) is 23.3 Å². The number of ether oxygens (including phenoxy) is 2. The van der Waals surface area contributed by atoms with Gasteiger partial charge in [-0.3, -0.25) is 9.88 Å². The number of anilines is 2. The Labute approximate surface area is 286 Å². The zero-order valence-corrected chi connectivity index (χ0v) is 28.4. The van der Waals surface area contributed by atoms with Gasteiger partial charge in [-0.25, -0.2) is 13.2 Å². The number of benzene rings is 1. The van der Waals surface area contributed by atoms with Crippen molar-refractivity contribution >= 4 is 43.1 Å². The number of hydrogen-bond acceptors (Lipinski definition) is 11. The van der Waals surface area contributed by atoms with E-state index in [9.17, 15) is 18.4 Å². The second-order valence-corrected chi connectivity index (χ2v) is 15.7. The van der Waals surface area contributed by atoms with Gasteiger partial charge in [0, 0.05) is 66.1 Å². The number of alkyl halides is 2. The van der Waals surface area contributed by atoms with Crippen LogP contribution in [0.15, 0.2) is 24.4 Å². The summed E-state index contributed by atoms with van der Waals surface area (Å²) in [7, 11) is 4.15. The molecule has 4 fully saturated rings. The van der Waals surface area contributed by atoms with E-state index in [2.05, 4.69) is 35.3 Å². The fourth-order valence-corrected chi connectivity index (χ4v) is 9.31. The summed E-state index contributed by atoms with van der Waals surface area (Å²) < 4.78 is 56.1. The lowest BCUT2D eigenvalue weighted by molar-refractivity contribution is -0.188. The van der Waals surface area contributed by atoms with Crippen molar-refractivity contribution in [3.63, 3.8) is 0 Å². The minimum Gasteiger partial charge on any atom is -0.463 e. The largest absolute Gasteiger partial charge is 0.463 e. The van der Waals surface area contributed by atoms with E-state index in [1.165, 1.54) is 6.07 Å². The summed E-state index contributed by atoms with van der Waals surface area (Å²) in [5, 5.41) is 14.7. The molecule has 3 aromatic heterocycles. The Kier molecular flexibility index (Phi) is 7.90. The minimum absolute atomic E-state index is 0.0168. The number of nitriles is 1. The number of rotatable bonds is 10. The lowest BCUT2D eigenvalue weighted by Gasteiger charge is -2.50. The van der Waals surface area contributed by atoms with Crippen LogP contribution in [-0.4, -0.2) is 95.3 Å². The fourth-order valence-electron chi connectivity index (χ4n) is 8.36. The first-order valence-corrected chi connectivity index (χ1v) is 17.6. The Hall–Kier alpha value is -3.77. The van der Waals surface area contributed by atoms with Gasteiger partial charge in [-0.1, -0.05) is 0 Å². The topological polar surface area (TPSA) is 125 Å². The van der Waals surface area contributed by atoms with Gasteiger partial charge in [0.15, 0.2) is 0 Å². The number of pyridine rings is 1. The summed E-state index contributed by atoms with van der Waals surface area (Å²) in [5.41, 5.74) is 7.10. The third-order valence-electron chi connectivity index (χ3n) is 11.3. The summed E-state index contributed by atoms with van der Waals surface area (Å²) in [6.45, 7) is 2.48. The number of likely N-dealkylation sites (N-methyl/N-ethyl adjacent to an activating group) is 1. The summed E-state index contributed by atoms with van der Waals surface area (Å²) >= 11 is 1.03. The van der Waals surface area contributed by atoms with Gasteiger partial charge < -0.3 is 25.4 Å². The van der Waals surface area contributed by atoms with Crippen LogP contribution in [-0.2, 0) is 4.74 Å². The zero-order valence-electron chi connectivity index (χ0n) is 27.6. The molecule has 10 nitrogen and oxygen atoms in total. The average Bonchev–Trinajstić information content (AvgIpc) is 3.46. The van der Waals surface area contributed by atoms with Gasteiger partial charge in [-0.2, -0.15) is 15.2 Å². The Bertz CT molecular complexity index is 1950. The molecule has 0 radical (unpaired) electrons. The fraction of sp³-hybridized carbons (Fsp3) is 0.543. The summed E-state index contributed by atoms with van der Waals surface area (Å²) in [6, 6.07) is 7.39. The van der Waals surface area contributed by atoms with E-state index in [0.29, 0.717) is 59.7 Å². The number of fused-ring (bicyclic) bond motifs is 4. The molecule has 3 N–H and O–H groups in total. The van der Waals surface area contributed by atoms with Crippen LogP contribution in [0.1, 0.15) is 50.5 Å². The van der Waals surface area contributed by atoms with E-state index in [-0.39, 0.29) is 58.3 Å². The van der Waals surface area contributed by atoms with Crippen molar-refractivity contribution in [1.82, 2.24) is 24.8 Å². The van der Waals surface area contributed by atoms with Gasteiger partial charge in [-0.05, 0) is 64.4 Å². The van der Waals surface area contributed by atoms with Crippen molar-refractivity contribution in [2.75, 3.05) is 58.1 Å². The standard InChI is InChI=1S/C35H39F3N8O2S/c1-45(2)34(8-3-9-34)17-42-31-24-12-41-26(22-6-7-25(36)29-28(22)23(11-39)30(40)49-29)10-27(24)43-32(44-31)48-19-33(15-35(37,38)16-33)18-46-20-4-5-21(46)14-47-13-20/h6-7,10,12,20-21H,3-5,8-9,13-19,40H2,1-2H3,(H,42,43,44). The van der Waals surface area contributed by atoms with E-state index in [1.807, 2.05) is 0 Å². The maximum absolute atomic E-state index is 14.8. The summed E-state index contributed by atoms with van der Waals surface area (Å²) in [6.07, 6.45) is 6.44. The first-order valence-electron chi connectivity index (χ1n) is 16.8. The number of nitrogens with one attached hydrogen (secondary N) is 1. The van der Waals surface area contributed by atoms with Crippen LogP contribution in [0.3, 0.4) is 0 Å². The van der Waals surface area contributed by atoms with Crippen LogP contribution < -0.4 is 15.8 Å². The van der Waals surface area contributed by atoms with E-state index >= 15 is 0 Å². The van der Waals surface area contributed by atoms with Crippen LogP contribution in [0.4, 0.5) is 24.0 Å². The highest BCUT2D eigenvalue weighted by molar-refractivity contribution is 7.23. The quantitative estimate of drug-likeness (QED) is 0.203. The van der Waals surface area contributed by atoms with E-state index in [1.54, 1.807) is 18.3 Å². The molecule has 0 spiro atoms. The van der Waals surface area contributed by atoms with E-state index < -0.39 is 17.2 Å². The van der Waals surface area contributed by atoms with Gasteiger partial charge in [-0.15, -0.1) is 11.3 Å².